The average molecular weight is 334 g/mol. The van der Waals surface area contributed by atoms with Crippen LogP contribution in [-0.2, 0) is 0 Å². The van der Waals surface area contributed by atoms with Crippen molar-refractivity contribution in [1.82, 2.24) is 0 Å². The summed E-state index contributed by atoms with van der Waals surface area (Å²) in [5.41, 5.74) is 0.284. The number of carbonyl (C=O) groups is 1. The van der Waals surface area contributed by atoms with Crippen LogP contribution >= 0.6 is 34.8 Å². The Kier molecular flexibility index (Phi) is 4.70. The second-order valence-electron chi connectivity index (χ2n) is 3.83. The Morgan fingerprint density at radius 3 is 2.25 bits per heavy atom. The van der Waals surface area contributed by atoms with E-state index in [2.05, 4.69) is 10.6 Å². The van der Waals surface area contributed by atoms with Gasteiger partial charge >= 0.3 is 6.03 Å². The van der Waals surface area contributed by atoms with Gasteiger partial charge in [0.1, 0.15) is 5.82 Å². The Bertz CT molecular complexity index is 624. The van der Waals surface area contributed by atoms with E-state index in [1.54, 1.807) is 0 Å². The fraction of sp³-hybridized carbons (Fsp3) is 0. The zero-order chi connectivity index (χ0) is 14.7. The van der Waals surface area contributed by atoms with E-state index < -0.39 is 11.8 Å². The van der Waals surface area contributed by atoms with Gasteiger partial charge in [-0.1, -0.05) is 40.9 Å². The van der Waals surface area contributed by atoms with Crippen LogP contribution in [-0.4, -0.2) is 6.03 Å². The van der Waals surface area contributed by atoms with Gasteiger partial charge in [-0.15, -0.1) is 0 Å². The van der Waals surface area contributed by atoms with E-state index in [0.29, 0.717) is 15.7 Å². The van der Waals surface area contributed by atoms with Gasteiger partial charge in [0.05, 0.1) is 10.7 Å². The van der Waals surface area contributed by atoms with Crippen LogP contribution in [0.1, 0.15) is 0 Å². The summed E-state index contributed by atoms with van der Waals surface area (Å²) in [6.07, 6.45) is 0. The highest BCUT2D eigenvalue weighted by atomic mass is 35.5. The van der Waals surface area contributed by atoms with Gasteiger partial charge in [0.15, 0.2) is 0 Å². The molecule has 0 fully saturated rings. The van der Waals surface area contributed by atoms with E-state index in [9.17, 15) is 9.18 Å². The molecule has 0 spiro atoms. The Morgan fingerprint density at radius 1 is 1.00 bits per heavy atom. The minimum atomic E-state index is -0.657. The van der Waals surface area contributed by atoms with Crippen molar-refractivity contribution >= 4 is 52.2 Å². The van der Waals surface area contributed by atoms with Crippen molar-refractivity contribution in [2.75, 3.05) is 10.6 Å². The van der Waals surface area contributed by atoms with Crippen molar-refractivity contribution < 1.29 is 9.18 Å². The van der Waals surface area contributed by atoms with Crippen LogP contribution in [0.3, 0.4) is 0 Å². The SMILES string of the molecule is O=C(Nc1cc(Cl)cc(Cl)c1)Nc1c(F)cccc1Cl. The number of urea groups is 1. The molecule has 0 atom stereocenters. The monoisotopic (exact) mass is 332 g/mol. The predicted molar refractivity (Wildman–Crippen MR) is 80.5 cm³/mol. The van der Waals surface area contributed by atoms with E-state index in [4.69, 9.17) is 34.8 Å². The number of para-hydroxylation sites is 1. The number of hydrogen-bond donors (Lipinski definition) is 2. The zero-order valence-corrected chi connectivity index (χ0v) is 12.2. The van der Waals surface area contributed by atoms with Gasteiger partial charge in [-0.3, -0.25) is 0 Å². The first-order chi connectivity index (χ1) is 9.45. The molecule has 2 aromatic rings. The molecular weight excluding hydrogens is 326 g/mol. The number of nitrogens with one attached hydrogen (secondary N) is 2. The van der Waals surface area contributed by atoms with Crippen LogP contribution in [0.5, 0.6) is 0 Å². The predicted octanol–water partition coefficient (Wildman–Crippen LogP) is 5.43. The molecule has 2 aromatic carbocycles. The minimum Gasteiger partial charge on any atom is -0.308 e. The quantitative estimate of drug-likeness (QED) is 0.756. The molecule has 0 bridgehead atoms. The first-order valence-corrected chi connectivity index (χ1v) is 6.57. The summed E-state index contributed by atoms with van der Waals surface area (Å²) < 4.78 is 13.5. The first kappa shape index (κ1) is 14.9. The van der Waals surface area contributed by atoms with Crippen molar-refractivity contribution in [2.45, 2.75) is 0 Å². The summed E-state index contributed by atoms with van der Waals surface area (Å²) >= 11 is 17.4. The molecule has 7 heteroatoms. The minimum absolute atomic E-state index is 0.0974. The molecule has 2 rings (SSSR count). The van der Waals surface area contributed by atoms with Gasteiger partial charge in [-0.2, -0.15) is 0 Å². The normalized spacial score (nSPS) is 10.2. The number of benzene rings is 2. The highest BCUT2D eigenvalue weighted by molar-refractivity contribution is 6.35. The third-order valence-electron chi connectivity index (χ3n) is 2.32. The second-order valence-corrected chi connectivity index (χ2v) is 5.11. The Labute approximate surface area is 129 Å². The standard InChI is InChI=1S/C13H8Cl3FN2O/c14-7-4-8(15)6-9(5-7)18-13(20)19-12-10(16)2-1-3-11(12)17/h1-6H,(H2,18,19,20). The molecule has 0 unspecified atom stereocenters. The summed E-state index contributed by atoms with van der Waals surface area (Å²) in [5.74, 6) is -0.628. The average Bonchev–Trinajstić information content (AvgIpc) is 2.32. The molecule has 0 saturated carbocycles. The van der Waals surface area contributed by atoms with Crippen molar-refractivity contribution in [3.05, 3.63) is 57.3 Å². The smallest absolute Gasteiger partial charge is 0.308 e. The van der Waals surface area contributed by atoms with Crippen molar-refractivity contribution in [1.29, 1.82) is 0 Å². The number of halogens is 4. The summed E-state index contributed by atoms with van der Waals surface area (Å²) in [6, 6.07) is 7.99. The van der Waals surface area contributed by atoms with Gasteiger partial charge in [-0.25, -0.2) is 9.18 Å². The number of amides is 2. The Balaban J connectivity index is 2.13. The van der Waals surface area contributed by atoms with Crippen LogP contribution in [0.4, 0.5) is 20.6 Å². The topological polar surface area (TPSA) is 41.1 Å². The number of hydrogen-bond acceptors (Lipinski definition) is 1. The number of anilines is 2. The van der Waals surface area contributed by atoms with Crippen LogP contribution in [0.25, 0.3) is 0 Å². The van der Waals surface area contributed by atoms with Crippen LogP contribution in [0.2, 0.25) is 15.1 Å². The second kappa shape index (κ2) is 6.31. The molecule has 20 heavy (non-hydrogen) atoms. The summed E-state index contributed by atoms with van der Waals surface area (Å²) in [6.45, 7) is 0. The Hall–Kier alpha value is -1.49. The van der Waals surface area contributed by atoms with Gasteiger partial charge in [0.25, 0.3) is 0 Å². The molecular formula is C13H8Cl3FN2O. The van der Waals surface area contributed by atoms with E-state index in [1.807, 2.05) is 0 Å². The van der Waals surface area contributed by atoms with E-state index in [1.165, 1.54) is 36.4 Å². The lowest BCUT2D eigenvalue weighted by atomic mass is 10.3. The van der Waals surface area contributed by atoms with Crippen molar-refractivity contribution in [2.24, 2.45) is 0 Å². The number of carbonyl (C=O) groups excluding carboxylic acids is 1. The molecule has 104 valence electrons. The first-order valence-electron chi connectivity index (χ1n) is 5.44. The Morgan fingerprint density at radius 2 is 1.65 bits per heavy atom. The molecule has 3 nitrogen and oxygen atoms in total. The molecule has 0 saturated heterocycles. The third kappa shape index (κ3) is 3.76. The summed E-state index contributed by atoms with van der Waals surface area (Å²) in [7, 11) is 0. The van der Waals surface area contributed by atoms with E-state index in [0.717, 1.165) is 0 Å². The molecule has 0 aliphatic heterocycles. The van der Waals surface area contributed by atoms with Crippen LogP contribution < -0.4 is 10.6 Å². The highest BCUT2D eigenvalue weighted by Crippen LogP contribution is 2.26. The lowest BCUT2D eigenvalue weighted by Gasteiger charge is -2.10. The summed E-state index contributed by atoms with van der Waals surface area (Å²) in [5, 5.41) is 5.65. The van der Waals surface area contributed by atoms with Gasteiger partial charge in [0, 0.05) is 15.7 Å². The molecule has 0 aromatic heterocycles. The maximum absolute atomic E-state index is 13.5. The zero-order valence-electron chi connectivity index (χ0n) is 9.88. The maximum Gasteiger partial charge on any atom is 0.323 e. The fourth-order valence-corrected chi connectivity index (χ4v) is 2.26. The molecule has 0 radical (unpaired) electrons. The van der Waals surface area contributed by atoms with Crippen molar-refractivity contribution in [3.63, 3.8) is 0 Å². The molecule has 0 heterocycles. The largest absolute Gasteiger partial charge is 0.323 e. The lowest BCUT2D eigenvalue weighted by Crippen LogP contribution is -2.20. The fourth-order valence-electron chi connectivity index (χ4n) is 1.52. The third-order valence-corrected chi connectivity index (χ3v) is 3.07. The van der Waals surface area contributed by atoms with Crippen LogP contribution in [0, 0.1) is 5.82 Å². The maximum atomic E-state index is 13.5. The van der Waals surface area contributed by atoms with Gasteiger partial charge in [0.2, 0.25) is 0 Å². The van der Waals surface area contributed by atoms with E-state index >= 15 is 0 Å². The van der Waals surface area contributed by atoms with Gasteiger partial charge < -0.3 is 10.6 Å². The van der Waals surface area contributed by atoms with Gasteiger partial charge in [-0.05, 0) is 30.3 Å². The number of rotatable bonds is 2. The summed E-state index contributed by atoms with van der Waals surface area (Å²) in [4.78, 5) is 11.8. The van der Waals surface area contributed by atoms with Crippen molar-refractivity contribution in [3.8, 4) is 0 Å². The highest BCUT2D eigenvalue weighted by Gasteiger charge is 2.11. The molecule has 2 N–H and O–H groups in total. The molecule has 0 aliphatic carbocycles. The van der Waals surface area contributed by atoms with E-state index in [-0.39, 0.29) is 10.7 Å². The lowest BCUT2D eigenvalue weighted by molar-refractivity contribution is 0.262. The molecule has 0 aliphatic rings. The molecule has 2 amide bonds. The van der Waals surface area contributed by atoms with Crippen LogP contribution in [0.15, 0.2) is 36.4 Å².